The van der Waals surface area contributed by atoms with Crippen molar-refractivity contribution in [3.8, 4) is 22.3 Å². The van der Waals surface area contributed by atoms with Gasteiger partial charge in [-0.15, -0.1) is 22.7 Å². The number of hydrogen-bond acceptors (Lipinski definition) is 4. The molecule has 0 atom stereocenters. The van der Waals surface area contributed by atoms with Gasteiger partial charge in [-0.2, -0.15) is 0 Å². The Labute approximate surface area is 308 Å². The summed E-state index contributed by atoms with van der Waals surface area (Å²) in [5, 5.41) is 7.51. The van der Waals surface area contributed by atoms with Crippen molar-refractivity contribution in [3.63, 3.8) is 0 Å². The highest BCUT2D eigenvalue weighted by Gasteiger charge is 2.19. The SMILES string of the molecule is c1ccc2c(c1)oc1ccc(-c3ccc(N(c4ccc(-c5ccc6sc7ccccc7c6c5)cc4)c4cccc5c4sc4ccccc45)cc3)cc12. The average molecular weight is 700 g/mol. The van der Waals surface area contributed by atoms with Crippen LogP contribution in [0.5, 0.6) is 0 Å². The predicted molar refractivity (Wildman–Crippen MR) is 225 cm³/mol. The van der Waals surface area contributed by atoms with Crippen molar-refractivity contribution >= 4 is 102 Å². The zero-order chi connectivity index (χ0) is 34.2. The molecule has 0 aliphatic heterocycles. The van der Waals surface area contributed by atoms with Gasteiger partial charge in [-0.3, -0.25) is 0 Å². The zero-order valence-electron chi connectivity index (χ0n) is 27.9. The molecule has 0 bridgehead atoms. The zero-order valence-corrected chi connectivity index (χ0v) is 29.5. The third-order valence-electron chi connectivity index (χ3n) is 10.3. The Morgan fingerprint density at radius 1 is 0.346 bits per heavy atom. The molecule has 244 valence electrons. The Balaban J connectivity index is 1.03. The molecule has 0 N–H and O–H groups in total. The van der Waals surface area contributed by atoms with E-state index in [0.717, 1.165) is 33.3 Å². The summed E-state index contributed by atoms with van der Waals surface area (Å²) in [6, 6.07) is 63.8. The number of anilines is 3. The number of hydrogen-bond donors (Lipinski definition) is 0. The van der Waals surface area contributed by atoms with E-state index >= 15 is 0 Å². The topological polar surface area (TPSA) is 16.4 Å². The minimum absolute atomic E-state index is 0.913. The number of benzene rings is 8. The molecule has 0 radical (unpaired) electrons. The molecule has 0 spiro atoms. The maximum atomic E-state index is 6.11. The van der Waals surface area contributed by atoms with Crippen LogP contribution in [0.2, 0.25) is 0 Å². The molecule has 52 heavy (non-hydrogen) atoms. The molecule has 0 unspecified atom stereocenters. The molecule has 0 saturated carbocycles. The van der Waals surface area contributed by atoms with Gasteiger partial charge < -0.3 is 9.32 Å². The number of furan rings is 1. The van der Waals surface area contributed by atoms with Crippen molar-refractivity contribution in [2.45, 2.75) is 0 Å². The van der Waals surface area contributed by atoms with Gasteiger partial charge in [0.25, 0.3) is 0 Å². The minimum atomic E-state index is 0.913. The molecule has 0 fully saturated rings. The van der Waals surface area contributed by atoms with E-state index in [0.29, 0.717) is 0 Å². The monoisotopic (exact) mass is 699 g/mol. The summed E-state index contributed by atoms with van der Waals surface area (Å²) in [5.41, 5.74) is 10.0. The van der Waals surface area contributed by atoms with Crippen LogP contribution in [0.25, 0.3) is 84.5 Å². The molecule has 2 nitrogen and oxygen atoms in total. The van der Waals surface area contributed by atoms with Gasteiger partial charge in [0, 0.05) is 57.8 Å². The van der Waals surface area contributed by atoms with Crippen LogP contribution in [0.1, 0.15) is 0 Å². The molecule has 0 aliphatic carbocycles. The Morgan fingerprint density at radius 3 is 1.60 bits per heavy atom. The van der Waals surface area contributed by atoms with Gasteiger partial charge in [0.15, 0.2) is 0 Å². The molecule has 0 amide bonds. The third kappa shape index (κ3) is 4.69. The summed E-state index contributed by atoms with van der Waals surface area (Å²) in [7, 11) is 0. The van der Waals surface area contributed by atoms with E-state index in [-0.39, 0.29) is 0 Å². The van der Waals surface area contributed by atoms with Crippen molar-refractivity contribution in [1.82, 2.24) is 0 Å². The third-order valence-corrected chi connectivity index (χ3v) is 12.7. The standard InChI is InChI=1S/C48H29NOS2/c1-4-13-43-36(8-1)40-28-32(20-26-44(40)50-43)30-16-22-34(23-17-30)49(42-12-7-11-39-37-9-2-6-15-46(37)52-48(39)42)35-24-18-31(19-25-35)33-21-27-47-41(29-33)38-10-3-5-14-45(38)51-47/h1-29H. The van der Waals surface area contributed by atoms with Gasteiger partial charge in [-0.05, 0) is 95.1 Å². The Morgan fingerprint density at radius 2 is 0.865 bits per heavy atom. The van der Waals surface area contributed by atoms with Gasteiger partial charge in [0.1, 0.15) is 11.2 Å². The molecule has 0 saturated heterocycles. The summed E-state index contributed by atoms with van der Waals surface area (Å²) in [6.07, 6.45) is 0. The molecule has 11 rings (SSSR count). The molecule has 4 heteroatoms. The summed E-state index contributed by atoms with van der Waals surface area (Å²) in [6.45, 7) is 0. The van der Waals surface area contributed by atoms with Crippen LogP contribution in [0, 0.1) is 0 Å². The smallest absolute Gasteiger partial charge is 0.135 e. The Hall–Kier alpha value is -6.20. The summed E-state index contributed by atoms with van der Waals surface area (Å²) < 4.78 is 11.3. The van der Waals surface area contributed by atoms with Gasteiger partial charge >= 0.3 is 0 Å². The van der Waals surface area contributed by atoms with Crippen LogP contribution < -0.4 is 4.90 Å². The number of para-hydroxylation sites is 1. The lowest BCUT2D eigenvalue weighted by Gasteiger charge is -2.26. The molecule has 0 aliphatic rings. The molecular weight excluding hydrogens is 671 g/mol. The van der Waals surface area contributed by atoms with Gasteiger partial charge in [-0.25, -0.2) is 0 Å². The largest absolute Gasteiger partial charge is 0.456 e. The van der Waals surface area contributed by atoms with E-state index in [9.17, 15) is 0 Å². The molecule has 3 heterocycles. The summed E-state index contributed by atoms with van der Waals surface area (Å²) >= 11 is 3.72. The first kappa shape index (κ1) is 29.5. The first-order valence-electron chi connectivity index (χ1n) is 17.5. The van der Waals surface area contributed by atoms with Gasteiger partial charge in [0.05, 0.1) is 10.4 Å². The molecule has 11 aromatic rings. The van der Waals surface area contributed by atoms with E-state index in [2.05, 4.69) is 169 Å². The lowest BCUT2D eigenvalue weighted by Crippen LogP contribution is -2.10. The van der Waals surface area contributed by atoms with Crippen molar-refractivity contribution < 1.29 is 4.42 Å². The second-order valence-corrected chi connectivity index (χ2v) is 15.4. The van der Waals surface area contributed by atoms with Crippen LogP contribution in [-0.2, 0) is 0 Å². The highest BCUT2D eigenvalue weighted by atomic mass is 32.1. The van der Waals surface area contributed by atoms with E-state index < -0.39 is 0 Å². The quantitative estimate of drug-likeness (QED) is 0.178. The number of thiophene rings is 2. The predicted octanol–water partition coefficient (Wildman–Crippen LogP) is 15.1. The highest BCUT2D eigenvalue weighted by molar-refractivity contribution is 7.26. The molecular formula is C48H29NOS2. The minimum Gasteiger partial charge on any atom is -0.456 e. The number of fused-ring (bicyclic) bond motifs is 9. The van der Waals surface area contributed by atoms with Crippen LogP contribution in [0.3, 0.4) is 0 Å². The van der Waals surface area contributed by atoms with Crippen molar-refractivity contribution in [2.24, 2.45) is 0 Å². The number of nitrogens with zero attached hydrogens (tertiary/aromatic N) is 1. The van der Waals surface area contributed by atoms with E-state index in [1.165, 1.54) is 68.3 Å². The lowest BCUT2D eigenvalue weighted by atomic mass is 10.0. The molecule has 8 aromatic carbocycles. The fraction of sp³-hybridized carbons (Fsp3) is 0. The van der Waals surface area contributed by atoms with Crippen molar-refractivity contribution in [2.75, 3.05) is 4.90 Å². The fourth-order valence-electron chi connectivity index (χ4n) is 7.75. The van der Waals surface area contributed by atoms with Crippen LogP contribution in [0.15, 0.2) is 180 Å². The number of rotatable bonds is 5. The van der Waals surface area contributed by atoms with Crippen LogP contribution in [-0.4, -0.2) is 0 Å². The van der Waals surface area contributed by atoms with E-state index in [4.69, 9.17) is 4.42 Å². The van der Waals surface area contributed by atoms with E-state index in [1.54, 1.807) is 0 Å². The first-order valence-corrected chi connectivity index (χ1v) is 19.1. The molecule has 3 aromatic heterocycles. The average Bonchev–Trinajstić information content (AvgIpc) is 3.90. The summed E-state index contributed by atoms with van der Waals surface area (Å²) in [4.78, 5) is 2.41. The highest BCUT2D eigenvalue weighted by Crippen LogP contribution is 2.45. The maximum Gasteiger partial charge on any atom is 0.135 e. The second kappa shape index (κ2) is 11.7. The second-order valence-electron chi connectivity index (χ2n) is 13.3. The Bertz CT molecular complexity index is 2970. The van der Waals surface area contributed by atoms with Crippen LogP contribution >= 0.6 is 22.7 Å². The summed E-state index contributed by atoms with van der Waals surface area (Å²) in [5.74, 6) is 0. The lowest BCUT2D eigenvalue weighted by molar-refractivity contribution is 0.669. The fourth-order valence-corrected chi connectivity index (χ4v) is 10.0. The first-order chi connectivity index (χ1) is 25.7. The van der Waals surface area contributed by atoms with Crippen LogP contribution in [0.4, 0.5) is 17.1 Å². The van der Waals surface area contributed by atoms with Gasteiger partial charge in [-0.1, -0.05) is 103 Å². The Kier molecular flexibility index (Phi) is 6.63. The maximum absolute atomic E-state index is 6.11. The van der Waals surface area contributed by atoms with Gasteiger partial charge in [0.2, 0.25) is 0 Å². The normalized spacial score (nSPS) is 11.8. The van der Waals surface area contributed by atoms with Crippen molar-refractivity contribution in [1.29, 1.82) is 0 Å². The van der Waals surface area contributed by atoms with E-state index in [1.807, 2.05) is 34.8 Å². The van der Waals surface area contributed by atoms with Crippen molar-refractivity contribution in [3.05, 3.63) is 176 Å².